The smallest absolute Gasteiger partial charge is 0.394 e. The number of carboxylic acids is 1. The van der Waals surface area contributed by atoms with Crippen molar-refractivity contribution in [2.75, 3.05) is 13.1 Å². The molecule has 2 N–H and O–H groups in total. The lowest BCUT2D eigenvalue weighted by molar-refractivity contribution is -0.187. The Morgan fingerprint density at radius 2 is 1.84 bits per heavy atom. The van der Waals surface area contributed by atoms with Gasteiger partial charge in [-0.05, 0) is 24.1 Å². The highest BCUT2D eigenvalue weighted by molar-refractivity contribution is 6.30. The van der Waals surface area contributed by atoms with E-state index in [0.29, 0.717) is 11.4 Å². The van der Waals surface area contributed by atoms with E-state index in [-0.39, 0.29) is 12.0 Å². The van der Waals surface area contributed by atoms with Gasteiger partial charge >= 0.3 is 18.2 Å². The van der Waals surface area contributed by atoms with E-state index in [0.717, 1.165) is 10.5 Å². The van der Waals surface area contributed by atoms with Crippen LogP contribution in [0.5, 0.6) is 0 Å². The predicted molar refractivity (Wildman–Crippen MR) is 83.4 cm³/mol. The van der Waals surface area contributed by atoms with Crippen LogP contribution in [-0.4, -0.2) is 47.3 Å². The fourth-order valence-electron chi connectivity index (χ4n) is 3.23. The van der Waals surface area contributed by atoms with Gasteiger partial charge < -0.3 is 15.3 Å². The van der Waals surface area contributed by atoms with Gasteiger partial charge in [-0.15, -0.1) is 0 Å². The van der Waals surface area contributed by atoms with Crippen molar-refractivity contribution in [3.8, 4) is 0 Å². The molecule has 0 unspecified atom stereocenters. The van der Waals surface area contributed by atoms with E-state index < -0.39 is 43.1 Å². The van der Waals surface area contributed by atoms with Crippen LogP contribution in [-0.2, 0) is 4.79 Å². The molecule has 3 rings (SSSR count). The van der Waals surface area contributed by atoms with Crippen molar-refractivity contribution in [1.29, 1.82) is 0 Å². The minimum Gasteiger partial charge on any atom is -0.481 e. The number of aliphatic carboxylic acids is 1. The molecule has 2 fully saturated rings. The van der Waals surface area contributed by atoms with Crippen molar-refractivity contribution < 1.29 is 27.9 Å². The number of hydrogen-bond donors (Lipinski definition) is 2. The van der Waals surface area contributed by atoms with Gasteiger partial charge in [0.05, 0.1) is 11.8 Å². The molecule has 1 aromatic rings. The summed E-state index contributed by atoms with van der Waals surface area (Å²) in [6.07, 6.45) is -3.96. The van der Waals surface area contributed by atoms with E-state index in [1.54, 1.807) is 12.1 Å². The van der Waals surface area contributed by atoms with Gasteiger partial charge in [-0.3, -0.25) is 4.79 Å². The molecular weight excluding hydrogens is 361 g/mol. The number of likely N-dealkylation sites (tertiary alicyclic amines) is 1. The molecule has 0 spiro atoms. The normalized spacial score (nSPS) is 28.7. The molecule has 1 saturated heterocycles. The SMILES string of the molecule is O=C(O)[C@@H]1CN(C(=O)N[C@@H]2C[C@H]2c2ccc(Cl)cc2)C[C@H]1C(F)(F)F. The minimum absolute atomic E-state index is 0.0949. The van der Waals surface area contributed by atoms with Crippen molar-refractivity contribution in [1.82, 2.24) is 10.2 Å². The molecule has 1 saturated carbocycles. The number of nitrogens with zero attached hydrogens (tertiary/aromatic N) is 1. The zero-order valence-corrected chi connectivity index (χ0v) is 13.7. The predicted octanol–water partition coefficient (Wildman–Crippen LogP) is 3.10. The van der Waals surface area contributed by atoms with Gasteiger partial charge in [-0.2, -0.15) is 13.2 Å². The van der Waals surface area contributed by atoms with Crippen LogP contribution in [0.4, 0.5) is 18.0 Å². The minimum atomic E-state index is -4.65. The van der Waals surface area contributed by atoms with E-state index in [1.807, 2.05) is 12.1 Å². The summed E-state index contributed by atoms with van der Waals surface area (Å²) in [4.78, 5) is 24.2. The topological polar surface area (TPSA) is 69.6 Å². The van der Waals surface area contributed by atoms with Crippen LogP contribution >= 0.6 is 11.6 Å². The van der Waals surface area contributed by atoms with Crippen LogP contribution in [0.2, 0.25) is 5.02 Å². The fraction of sp³-hybridized carbons (Fsp3) is 0.500. The van der Waals surface area contributed by atoms with Gasteiger partial charge in [0.25, 0.3) is 0 Å². The molecule has 0 bridgehead atoms. The summed E-state index contributed by atoms with van der Waals surface area (Å²) in [6, 6.07) is 6.34. The second kappa shape index (κ2) is 6.40. The highest BCUT2D eigenvalue weighted by atomic mass is 35.5. The number of carbonyl (C=O) groups is 2. The summed E-state index contributed by atoms with van der Waals surface area (Å²) in [5, 5.41) is 12.3. The van der Waals surface area contributed by atoms with Crippen molar-refractivity contribution >= 4 is 23.6 Å². The Hall–Kier alpha value is -1.96. The van der Waals surface area contributed by atoms with Crippen molar-refractivity contribution in [3.63, 3.8) is 0 Å². The summed E-state index contributed by atoms with van der Waals surface area (Å²) in [5.74, 6) is -5.11. The van der Waals surface area contributed by atoms with E-state index in [1.165, 1.54) is 0 Å². The van der Waals surface area contributed by atoms with Gasteiger partial charge in [0, 0.05) is 30.1 Å². The average molecular weight is 377 g/mol. The lowest BCUT2D eigenvalue weighted by Gasteiger charge is -2.18. The Bertz CT molecular complexity index is 680. The Balaban J connectivity index is 1.59. The molecule has 0 aromatic heterocycles. The number of carbonyl (C=O) groups excluding carboxylic acids is 1. The number of nitrogens with one attached hydrogen (secondary N) is 1. The van der Waals surface area contributed by atoms with E-state index in [9.17, 15) is 22.8 Å². The number of alkyl halides is 3. The largest absolute Gasteiger partial charge is 0.481 e. The van der Waals surface area contributed by atoms with Crippen molar-refractivity contribution in [2.45, 2.75) is 24.6 Å². The average Bonchev–Trinajstić information content (AvgIpc) is 3.11. The lowest BCUT2D eigenvalue weighted by Crippen LogP contribution is -2.41. The maximum absolute atomic E-state index is 13.0. The molecule has 5 nitrogen and oxygen atoms in total. The summed E-state index contributed by atoms with van der Waals surface area (Å²) >= 11 is 5.82. The Morgan fingerprint density at radius 3 is 2.36 bits per heavy atom. The van der Waals surface area contributed by atoms with E-state index in [2.05, 4.69) is 5.32 Å². The number of benzene rings is 1. The van der Waals surface area contributed by atoms with Crippen LogP contribution in [0.1, 0.15) is 17.9 Å². The number of hydrogen-bond acceptors (Lipinski definition) is 2. The first-order valence-corrected chi connectivity index (χ1v) is 8.15. The first-order valence-electron chi connectivity index (χ1n) is 7.77. The number of rotatable bonds is 3. The van der Waals surface area contributed by atoms with Gasteiger partial charge in [-0.1, -0.05) is 23.7 Å². The van der Waals surface area contributed by atoms with Crippen molar-refractivity contribution in [2.24, 2.45) is 11.8 Å². The van der Waals surface area contributed by atoms with Crippen LogP contribution in [0.15, 0.2) is 24.3 Å². The van der Waals surface area contributed by atoms with Crippen LogP contribution < -0.4 is 5.32 Å². The summed E-state index contributed by atoms with van der Waals surface area (Å²) in [7, 11) is 0. The third-order valence-corrected chi connectivity index (χ3v) is 4.99. The van der Waals surface area contributed by atoms with E-state index >= 15 is 0 Å². The molecule has 4 atom stereocenters. The molecule has 2 amide bonds. The summed E-state index contributed by atoms with van der Waals surface area (Å²) < 4.78 is 38.9. The summed E-state index contributed by atoms with van der Waals surface area (Å²) in [6.45, 7) is -1.08. The zero-order chi connectivity index (χ0) is 18.4. The molecule has 0 radical (unpaired) electrons. The van der Waals surface area contributed by atoms with Gasteiger partial charge in [0.15, 0.2) is 0 Å². The third kappa shape index (κ3) is 3.84. The number of carboxylic acid groups (broad SMARTS) is 1. The second-order valence-electron chi connectivity index (χ2n) is 6.45. The molecule has 136 valence electrons. The molecular formula is C16H16ClF3N2O3. The first kappa shape index (κ1) is 17.8. The number of amides is 2. The Morgan fingerprint density at radius 1 is 1.20 bits per heavy atom. The quantitative estimate of drug-likeness (QED) is 0.851. The molecule has 25 heavy (non-hydrogen) atoms. The van der Waals surface area contributed by atoms with Crippen LogP contribution in [0, 0.1) is 11.8 Å². The summed E-state index contributed by atoms with van der Waals surface area (Å²) in [5.41, 5.74) is 0.993. The standard InChI is InChI=1S/C16H16ClF3N2O3/c17-9-3-1-8(2-4-9)10-5-13(10)21-15(25)22-6-11(14(23)24)12(7-22)16(18,19)20/h1-4,10-13H,5-7H2,(H,21,25)(H,23,24)/t10-,11+,12+,13+/m0/s1. The van der Waals surface area contributed by atoms with Crippen molar-refractivity contribution in [3.05, 3.63) is 34.9 Å². The molecule has 1 aliphatic heterocycles. The zero-order valence-electron chi connectivity index (χ0n) is 13.0. The van der Waals surface area contributed by atoms with Gasteiger partial charge in [0.1, 0.15) is 0 Å². The second-order valence-corrected chi connectivity index (χ2v) is 6.88. The highest BCUT2D eigenvalue weighted by Gasteiger charge is 2.54. The van der Waals surface area contributed by atoms with Crippen LogP contribution in [0.3, 0.4) is 0 Å². The molecule has 1 aromatic carbocycles. The molecule has 9 heteroatoms. The molecule has 2 aliphatic rings. The van der Waals surface area contributed by atoms with Gasteiger partial charge in [-0.25, -0.2) is 4.79 Å². The maximum Gasteiger partial charge on any atom is 0.394 e. The monoisotopic (exact) mass is 376 g/mol. The van der Waals surface area contributed by atoms with Crippen LogP contribution in [0.25, 0.3) is 0 Å². The fourth-order valence-corrected chi connectivity index (χ4v) is 3.36. The Kier molecular flexibility index (Phi) is 4.57. The number of urea groups is 1. The van der Waals surface area contributed by atoms with E-state index in [4.69, 9.17) is 16.7 Å². The number of halogens is 4. The first-order chi connectivity index (χ1) is 11.7. The Labute approximate surface area is 146 Å². The lowest BCUT2D eigenvalue weighted by atomic mass is 9.96. The molecule has 1 aliphatic carbocycles. The third-order valence-electron chi connectivity index (χ3n) is 4.74. The maximum atomic E-state index is 13.0. The molecule has 1 heterocycles. The van der Waals surface area contributed by atoms with Gasteiger partial charge in [0.2, 0.25) is 0 Å². The highest BCUT2D eigenvalue weighted by Crippen LogP contribution is 2.42.